The minimum absolute atomic E-state index is 0.0987. The molecule has 1 aliphatic heterocycles. The number of benzene rings is 1. The molecule has 2 heterocycles. The van der Waals surface area contributed by atoms with E-state index in [4.69, 9.17) is 9.72 Å². The second-order valence-electron chi connectivity index (χ2n) is 6.08. The number of carbonyl (C=O) groups excluding carboxylic acids is 2. The minimum Gasteiger partial charge on any atom is -0.465 e. The van der Waals surface area contributed by atoms with Crippen LogP contribution in [0.1, 0.15) is 13.8 Å². The van der Waals surface area contributed by atoms with E-state index in [9.17, 15) is 9.59 Å². The number of urea groups is 1. The molecule has 8 nitrogen and oxygen atoms in total. The van der Waals surface area contributed by atoms with Gasteiger partial charge in [0.25, 0.3) is 0 Å². The van der Waals surface area contributed by atoms with Gasteiger partial charge in [0.05, 0.1) is 17.6 Å². The average Bonchev–Trinajstić information content (AvgIpc) is 3.05. The number of amides is 2. The summed E-state index contributed by atoms with van der Waals surface area (Å²) in [5.74, 6) is 0.524. The molecule has 2 aromatic rings. The number of nitrogens with zero attached hydrogens (tertiary/aromatic N) is 4. The number of nitrogens with one attached hydrogen (secondary N) is 1. The summed E-state index contributed by atoms with van der Waals surface area (Å²) in [6.45, 7) is 7.48. The van der Waals surface area contributed by atoms with Crippen LogP contribution in [0.15, 0.2) is 24.3 Å². The Labute approximate surface area is 152 Å². The highest BCUT2D eigenvalue weighted by Gasteiger charge is 2.24. The van der Waals surface area contributed by atoms with E-state index in [-0.39, 0.29) is 12.6 Å². The number of piperazine rings is 1. The SMILES string of the molecule is CCOC(=O)CNC(=O)N1CCN(c2nc3ccccc3n2CC)CC1. The van der Waals surface area contributed by atoms with E-state index in [2.05, 4.69) is 27.8 Å². The fourth-order valence-electron chi connectivity index (χ4n) is 3.20. The molecule has 8 heteroatoms. The van der Waals surface area contributed by atoms with Gasteiger partial charge in [-0.2, -0.15) is 0 Å². The molecule has 1 fully saturated rings. The molecule has 1 aromatic carbocycles. The van der Waals surface area contributed by atoms with Crippen LogP contribution in [0.3, 0.4) is 0 Å². The molecule has 3 rings (SSSR count). The lowest BCUT2D eigenvalue weighted by atomic mass is 10.3. The molecular formula is C18H25N5O3. The third-order valence-corrected chi connectivity index (χ3v) is 4.49. The maximum Gasteiger partial charge on any atom is 0.325 e. The van der Waals surface area contributed by atoms with Crippen LogP contribution in [-0.4, -0.2) is 65.8 Å². The van der Waals surface area contributed by atoms with Crippen LogP contribution in [0, 0.1) is 0 Å². The monoisotopic (exact) mass is 359 g/mol. The van der Waals surface area contributed by atoms with Gasteiger partial charge in [0.2, 0.25) is 5.95 Å². The standard InChI is InChI=1S/C18H25N5O3/c1-3-23-15-8-6-5-7-14(15)20-17(23)21-9-11-22(12-10-21)18(25)19-13-16(24)26-4-2/h5-8H,3-4,9-13H2,1-2H3,(H,19,25). The number of para-hydroxylation sites is 2. The normalized spacial score (nSPS) is 14.5. The van der Waals surface area contributed by atoms with Crippen molar-refractivity contribution in [2.45, 2.75) is 20.4 Å². The Bertz CT molecular complexity index is 780. The first-order valence-electron chi connectivity index (χ1n) is 9.02. The summed E-state index contributed by atoms with van der Waals surface area (Å²) >= 11 is 0. The molecule has 0 bridgehead atoms. The Morgan fingerprint density at radius 3 is 2.58 bits per heavy atom. The van der Waals surface area contributed by atoms with E-state index >= 15 is 0 Å². The molecule has 140 valence electrons. The number of esters is 1. The molecule has 0 radical (unpaired) electrons. The first-order chi connectivity index (χ1) is 12.6. The van der Waals surface area contributed by atoms with E-state index in [0.29, 0.717) is 32.8 Å². The molecule has 0 saturated carbocycles. The van der Waals surface area contributed by atoms with E-state index in [1.807, 2.05) is 18.2 Å². The van der Waals surface area contributed by atoms with Crippen molar-refractivity contribution >= 4 is 29.0 Å². The van der Waals surface area contributed by atoms with Crippen molar-refractivity contribution in [3.8, 4) is 0 Å². The van der Waals surface area contributed by atoms with Gasteiger partial charge >= 0.3 is 12.0 Å². The molecule has 1 aliphatic rings. The van der Waals surface area contributed by atoms with Gasteiger partial charge in [-0.3, -0.25) is 4.79 Å². The number of rotatable bonds is 5. The Kier molecular flexibility index (Phi) is 5.60. The molecule has 2 amide bonds. The Morgan fingerprint density at radius 1 is 1.15 bits per heavy atom. The van der Waals surface area contributed by atoms with Gasteiger partial charge in [0.1, 0.15) is 6.54 Å². The predicted molar refractivity (Wildman–Crippen MR) is 99.2 cm³/mol. The van der Waals surface area contributed by atoms with Gasteiger partial charge in [-0.15, -0.1) is 0 Å². The van der Waals surface area contributed by atoms with Crippen LogP contribution < -0.4 is 10.2 Å². The fourth-order valence-corrected chi connectivity index (χ4v) is 3.20. The van der Waals surface area contributed by atoms with E-state index in [1.165, 1.54) is 0 Å². The number of anilines is 1. The molecule has 0 spiro atoms. The van der Waals surface area contributed by atoms with Gasteiger partial charge in [-0.1, -0.05) is 12.1 Å². The third-order valence-electron chi connectivity index (χ3n) is 4.49. The largest absolute Gasteiger partial charge is 0.465 e. The Hall–Kier alpha value is -2.77. The van der Waals surface area contributed by atoms with Crippen LogP contribution >= 0.6 is 0 Å². The third kappa shape index (κ3) is 3.74. The van der Waals surface area contributed by atoms with E-state index in [0.717, 1.165) is 23.5 Å². The minimum atomic E-state index is -0.420. The fraction of sp³-hybridized carbons (Fsp3) is 0.500. The summed E-state index contributed by atoms with van der Waals surface area (Å²) in [5.41, 5.74) is 2.11. The van der Waals surface area contributed by atoms with Crippen molar-refractivity contribution in [3.05, 3.63) is 24.3 Å². The molecule has 0 atom stereocenters. The van der Waals surface area contributed by atoms with Crippen LogP contribution in [-0.2, 0) is 16.1 Å². The van der Waals surface area contributed by atoms with Crippen molar-refractivity contribution in [2.75, 3.05) is 44.2 Å². The summed E-state index contributed by atoms with van der Waals surface area (Å²) in [5, 5.41) is 2.61. The van der Waals surface area contributed by atoms with Crippen LogP contribution in [0.2, 0.25) is 0 Å². The molecule has 1 aromatic heterocycles. The van der Waals surface area contributed by atoms with E-state index < -0.39 is 5.97 Å². The highest BCUT2D eigenvalue weighted by atomic mass is 16.5. The van der Waals surface area contributed by atoms with Crippen molar-refractivity contribution in [1.29, 1.82) is 0 Å². The second kappa shape index (κ2) is 8.07. The lowest BCUT2D eigenvalue weighted by Crippen LogP contribution is -2.53. The number of aromatic nitrogens is 2. The number of hydrogen-bond donors (Lipinski definition) is 1. The average molecular weight is 359 g/mol. The lowest BCUT2D eigenvalue weighted by Gasteiger charge is -2.35. The Morgan fingerprint density at radius 2 is 1.88 bits per heavy atom. The maximum absolute atomic E-state index is 12.2. The van der Waals surface area contributed by atoms with Gasteiger partial charge in [-0.05, 0) is 26.0 Å². The first-order valence-corrected chi connectivity index (χ1v) is 9.02. The van der Waals surface area contributed by atoms with Crippen molar-refractivity contribution < 1.29 is 14.3 Å². The first kappa shape index (κ1) is 18.0. The van der Waals surface area contributed by atoms with Crippen LogP contribution in [0.25, 0.3) is 11.0 Å². The number of ether oxygens (including phenoxy) is 1. The highest BCUT2D eigenvalue weighted by Crippen LogP contribution is 2.23. The number of aryl methyl sites for hydroxylation is 1. The van der Waals surface area contributed by atoms with Crippen molar-refractivity contribution in [2.24, 2.45) is 0 Å². The van der Waals surface area contributed by atoms with E-state index in [1.54, 1.807) is 11.8 Å². The number of fused-ring (bicyclic) bond motifs is 1. The Balaban J connectivity index is 1.60. The zero-order valence-corrected chi connectivity index (χ0v) is 15.3. The predicted octanol–water partition coefficient (Wildman–Crippen LogP) is 1.45. The molecular weight excluding hydrogens is 334 g/mol. The van der Waals surface area contributed by atoms with Gasteiger partial charge in [0.15, 0.2) is 0 Å². The molecule has 0 unspecified atom stereocenters. The van der Waals surface area contributed by atoms with Crippen LogP contribution in [0.5, 0.6) is 0 Å². The van der Waals surface area contributed by atoms with Crippen molar-refractivity contribution in [1.82, 2.24) is 19.8 Å². The summed E-state index contributed by atoms with van der Waals surface area (Å²) in [6, 6.07) is 7.87. The highest BCUT2D eigenvalue weighted by molar-refractivity contribution is 5.81. The summed E-state index contributed by atoms with van der Waals surface area (Å²) in [6.07, 6.45) is 0. The number of carbonyl (C=O) groups is 2. The summed E-state index contributed by atoms with van der Waals surface area (Å²) in [4.78, 5) is 32.2. The smallest absolute Gasteiger partial charge is 0.325 e. The number of hydrogen-bond acceptors (Lipinski definition) is 5. The molecule has 0 aliphatic carbocycles. The second-order valence-corrected chi connectivity index (χ2v) is 6.08. The van der Waals surface area contributed by atoms with Crippen LogP contribution in [0.4, 0.5) is 10.7 Å². The molecule has 26 heavy (non-hydrogen) atoms. The summed E-state index contributed by atoms with van der Waals surface area (Å²) < 4.78 is 7.02. The molecule has 1 N–H and O–H groups in total. The lowest BCUT2D eigenvalue weighted by molar-refractivity contribution is -0.141. The van der Waals surface area contributed by atoms with Gasteiger partial charge in [0, 0.05) is 32.7 Å². The zero-order valence-electron chi connectivity index (χ0n) is 15.3. The maximum atomic E-state index is 12.2. The number of imidazole rings is 1. The van der Waals surface area contributed by atoms with Gasteiger partial charge in [-0.25, -0.2) is 9.78 Å². The van der Waals surface area contributed by atoms with Gasteiger partial charge < -0.3 is 24.4 Å². The summed E-state index contributed by atoms with van der Waals surface area (Å²) in [7, 11) is 0. The topological polar surface area (TPSA) is 79.7 Å². The van der Waals surface area contributed by atoms with Crippen molar-refractivity contribution in [3.63, 3.8) is 0 Å². The quantitative estimate of drug-likeness (QED) is 0.818. The zero-order chi connectivity index (χ0) is 18.5. The molecule has 1 saturated heterocycles.